The lowest BCUT2D eigenvalue weighted by atomic mass is 9.74. The van der Waals surface area contributed by atoms with E-state index < -0.39 is 23.6 Å². The smallest absolute Gasteiger partial charge is 0.308 e. The maximum atomic E-state index is 12.8. The summed E-state index contributed by atoms with van der Waals surface area (Å²) in [4.78, 5) is 28.9. The number of hydrogen-bond acceptors (Lipinski definition) is 7. The Morgan fingerprint density at radius 3 is 2.47 bits per heavy atom. The Morgan fingerprint density at radius 1 is 1.21 bits per heavy atom. The highest BCUT2D eigenvalue weighted by atomic mass is 32.1. The summed E-state index contributed by atoms with van der Waals surface area (Å²) in [7, 11) is 0. The van der Waals surface area contributed by atoms with Gasteiger partial charge in [-0.2, -0.15) is 0 Å². The monoisotopic (exact) mass is 493 g/mol. The minimum absolute atomic E-state index is 0.0256. The van der Waals surface area contributed by atoms with Gasteiger partial charge in [0.1, 0.15) is 5.78 Å². The van der Waals surface area contributed by atoms with E-state index in [1.807, 2.05) is 52.0 Å². The Hall–Kier alpha value is -1.83. The third kappa shape index (κ3) is 10.2. The Labute approximate surface area is 209 Å². The van der Waals surface area contributed by atoms with Gasteiger partial charge in [-0.05, 0) is 38.7 Å². The van der Waals surface area contributed by atoms with Crippen LogP contribution in [0.25, 0.3) is 6.08 Å². The van der Waals surface area contributed by atoms with Crippen molar-refractivity contribution in [2.45, 2.75) is 86.4 Å². The highest BCUT2D eigenvalue weighted by molar-refractivity contribution is 7.09. The number of allylic oxidation sites excluding steroid dienone is 2. The molecule has 6 nitrogen and oxygen atoms in total. The van der Waals surface area contributed by atoms with E-state index >= 15 is 0 Å². The first-order valence-electron chi connectivity index (χ1n) is 12.2. The van der Waals surface area contributed by atoms with E-state index in [0.717, 1.165) is 23.5 Å². The average molecular weight is 494 g/mol. The van der Waals surface area contributed by atoms with Crippen LogP contribution in [0.15, 0.2) is 23.6 Å². The summed E-state index contributed by atoms with van der Waals surface area (Å²) < 4.78 is 5.11. The number of Topliss-reactive ketones (excluding diaryl/α,β-unsaturated/α-hetero) is 1. The number of aryl methyl sites for hydroxylation is 1. The minimum atomic E-state index is -1.08. The van der Waals surface area contributed by atoms with Crippen LogP contribution in [0, 0.1) is 30.1 Å². The highest BCUT2D eigenvalue weighted by Crippen LogP contribution is 2.31. The van der Waals surface area contributed by atoms with Crippen LogP contribution in [-0.4, -0.2) is 45.8 Å². The van der Waals surface area contributed by atoms with Crippen molar-refractivity contribution in [1.29, 1.82) is 0 Å². The number of aliphatic hydroxyl groups excluding tert-OH is 2. The van der Waals surface area contributed by atoms with Gasteiger partial charge in [0.15, 0.2) is 0 Å². The average Bonchev–Trinajstić information content (AvgIpc) is 3.17. The number of hydrogen-bond donors (Lipinski definition) is 2. The number of thiazole rings is 1. The number of ether oxygens (including phenoxy) is 1. The maximum Gasteiger partial charge on any atom is 0.308 e. The van der Waals surface area contributed by atoms with Crippen molar-refractivity contribution in [1.82, 2.24) is 4.98 Å². The van der Waals surface area contributed by atoms with Gasteiger partial charge in [-0.15, -0.1) is 11.3 Å². The first-order valence-corrected chi connectivity index (χ1v) is 13.0. The van der Waals surface area contributed by atoms with E-state index in [0.29, 0.717) is 12.3 Å². The second-order valence-electron chi connectivity index (χ2n) is 9.94. The molecule has 1 aliphatic rings. The second-order valence-corrected chi connectivity index (χ2v) is 11.0. The molecule has 0 fully saturated rings. The zero-order valence-corrected chi connectivity index (χ0v) is 22.6. The third-order valence-electron chi connectivity index (χ3n) is 6.27. The van der Waals surface area contributed by atoms with Gasteiger partial charge in [-0.25, -0.2) is 4.98 Å². The lowest BCUT2D eigenvalue weighted by Crippen LogP contribution is -2.42. The fourth-order valence-electron chi connectivity index (χ4n) is 3.92. The molecule has 1 aliphatic heterocycles. The van der Waals surface area contributed by atoms with Gasteiger partial charge < -0.3 is 14.9 Å². The number of aromatic nitrogens is 1. The van der Waals surface area contributed by atoms with Crippen LogP contribution in [0.3, 0.4) is 0 Å². The van der Waals surface area contributed by atoms with Crippen LogP contribution < -0.4 is 0 Å². The lowest BCUT2D eigenvalue weighted by molar-refractivity contribution is -0.151. The molecule has 2 rings (SSSR count). The third-order valence-corrected chi connectivity index (χ3v) is 7.06. The van der Waals surface area contributed by atoms with Gasteiger partial charge in [-0.3, -0.25) is 9.59 Å². The van der Waals surface area contributed by atoms with Crippen molar-refractivity contribution < 1.29 is 24.5 Å². The van der Waals surface area contributed by atoms with Gasteiger partial charge in [0, 0.05) is 23.6 Å². The molecule has 5 atom stereocenters. The molecular weight excluding hydrogens is 450 g/mol. The molecule has 0 radical (unpaired) electrons. The zero-order chi connectivity index (χ0) is 25.9. The molecule has 0 bridgehead atoms. The molecule has 34 heavy (non-hydrogen) atoms. The maximum absolute atomic E-state index is 12.8. The van der Waals surface area contributed by atoms with Crippen LogP contribution in [0.1, 0.15) is 77.9 Å². The largest absolute Gasteiger partial charge is 0.465 e. The van der Waals surface area contributed by atoms with Crippen molar-refractivity contribution in [3.05, 3.63) is 34.3 Å². The van der Waals surface area contributed by atoms with Gasteiger partial charge in [0.25, 0.3) is 0 Å². The number of rotatable bonds is 1. The summed E-state index contributed by atoms with van der Waals surface area (Å²) in [5.41, 5.74) is 0.0685. The number of esters is 1. The van der Waals surface area contributed by atoms with Crippen molar-refractivity contribution >= 4 is 29.2 Å². The van der Waals surface area contributed by atoms with Crippen LogP contribution in [0.4, 0.5) is 0 Å². The van der Waals surface area contributed by atoms with Crippen LogP contribution in [0.2, 0.25) is 0 Å². The van der Waals surface area contributed by atoms with E-state index in [4.69, 9.17) is 4.74 Å². The fourth-order valence-corrected chi connectivity index (χ4v) is 4.50. The number of ketones is 1. The molecule has 7 heteroatoms. The SMILES string of the molecule is C/C=C\c1csc(C)n1.CC1C/C=C/C(C)C(O)CCOC(=O)CC(O)C(C)(C)C(=O)C(C)C1. The first-order chi connectivity index (χ1) is 15.9. The van der Waals surface area contributed by atoms with E-state index in [1.165, 1.54) is 0 Å². The summed E-state index contributed by atoms with van der Waals surface area (Å²) in [5, 5.41) is 23.7. The number of nitrogens with zero attached hydrogens (tertiary/aromatic N) is 1. The predicted octanol–water partition coefficient (Wildman–Crippen LogP) is 5.37. The Kier molecular flexibility index (Phi) is 12.9. The minimum Gasteiger partial charge on any atom is -0.465 e. The van der Waals surface area contributed by atoms with Crippen LogP contribution >= 0.6 is 11.3 Å². The zero-order valence-electron chi connectivity index (χ0n) is 21.8. The molecule has 2 heterocycles. The summed E-state index contributed by atoms with van der Waals surface area (Å²) in [6.45, 7) is 13.4. The molecule has 0 amide bonds. The lowest BCUT2D eigenvalue weighted by Gasteiger charge is -2.32. The van der Waals surface area contributed by atoms with Crippen molar-refractivity contribution in [2.24, 2.45) is 23.2 Å². The van der Waals surface area contributed by atoms with E-state index in [1.54, 1.807) is 25.2 Å². The quantitative estimate of drug-likeness (QED) is 0.403. The number of aliphatic hydroxyl groups is 2. The molecule has 5 unspecified atom stereocenters. The summed E-state index contributed by atoms with van der Waals surface area (Å²) in [6.07, 6.45) is 8.07. The van der Waals surface area contributed by atoms with Gasteiger partial charge in [-0.1, -0.05) is 52.8 Å². The molecule has 0 saturated carbocycles. The van der Waals surface area contributed by atoms with E-state index in [2.05, 4.69) is 17.3 Å². The summed E-state index contributed by atoms with van der Waals surface area (Å²) >= 11 is 1.68. The number of cyclic esters (lactones) is 1. The molecule has 1 aromatic heterocycles. The highest BCUT2D eigenvalue weighted by Gasteiger charge is 2.39. The standard InChI is InChI=1S/C20H34O5.C7H9NS/c1-13-7-6-8-14(2)16(21)9-10-25-18(23)12-17(22)20(4,5)19(24)15(3)11-13;1-3-4-7-5-9-6(2)8-7/h6,8,13-17,21-22H,7,9-12H2,1-5H3;3-5H,1-2H3/b8-6+;4-3-. The van der Waals surface area contributed by atoms with Gasteiger partial charge >= 0.3 is 5.97 Å². The first kappa shape index (κ1) is 30.2. The summed E-state index contributed by atoms with van der Waals surface area (Å²) in [6, 6.07) is 0. The van der Waals surface area contributed by atoms with Gasteiger partial charge in [0.05, 0.1) is 41.4 Å². The number of carbonyl (C=O) groups is 2. The van der Waals surface area contributed by atoms with Crippen molar-refractivity contribution in [3.63, 3.8) is 0 Å². The van der Waals surface area contributed by atoms with Crippen molar-refractivity contribution in [3.8, 4) is 0 Å². The summed E-state index contributed by atoms with van der Waals surface area (Å²) in [5.74, 6) is -0.468. The molecule has 2 N–H and O–H groups in total. The Bertz CT molecular complexity index is 829. The number of carbonyl (C=O) groups excluding carboxylic acids is 2. The molecule has 0 aromatic carbocycles. The normalized spacial score (nSPS) is 30.3. The molecular formula is C27H43NO5S. The molecule has 192 valence electrons. The Balaban J connectivity index is 0.000000533. The molecule has 0 spiro atoms. The fraction of sp³-hybridized carbons (Fsp3) is 0.667. The van der Waals surface area contributed by atoms with E-state index in [9.17, 15) is 19.8 Å². The molecule has 0 saturated heterocycles. The van der Waals surface area contributed by atoms with Crippen LogP contribution in [-0.2, 0) is 14.3 Å². The van der Waals surface area contributed by atoms with Gasteiger partial charge in [0.2, 0.25) is 0 Å². The van der Waals surface area contributed by atoms with E-state index in [-0.39, 0.29) is 30.6 Å². The van der Waals surface area contributed by atoms with Crippen molar-refractivity contribution in [2.75, 3.05) is 6.61 Å². The topological polar surface area (TPSA) is 96.7 Å². The van der Waals surface area contributed by atoms with Crippen LogP contribution in [0.5, 0.6) is 0 Å². The molecule has 0 aliphatic carbocycles. The second kappa shape index (κ2) is 14.5. The predicted molar refractivity (Wildman–Crippen MR) is 138 cm³/mol. The Morgan fingerprint density at radius 2 is 1.88 bits per heavy atom. The molecule has 1 aromatic rings.